The van der Waals surface area contributed by atoms with Gasteiger partial charge in [-0.25, -0.2) is 4.99 Å². The number of furan rings is 1. The summed E-state index contributed by atoms with van der Waals surface area (Å²) in [7, 11) is 0. The van der Waals surface area contributed by atoms with E-state index in [1.54, 1.807) is 6.20 Å². The van der Waals surface area contributed by atoms with Gasteiger partial charge < -0.3 is 14.6 Å². The molecule has 3 aromatic heterocycles. The summed E-state index contributed by atoms with van der Waals surface area (Å²) < 4.78 is 8.85. The van der Waals surface area contributed by atoms with Gasteiger partial charge >= 0.3 is 0 Å². The Hall–Kier alpha value is -7.28. The van der Waals surface area contributed by atoms with E-state index in [-0.39, 0.29) is 6.17 Å². The van der Waals surface area contributed by atoms with Gasteiger partial charge in [-0.15, -0.1) is 11.3 Å². The molecule has 0 bridgehead atoms. The average Bonchev–Trinajstić information content (AvgIpc) is 3.98. The van der Waals surface area contributed by atoms with E-state index < -0.39 is 0 Å². The van der Waals surface area contributed by atoms with Crippen molar-refractivity contribution < 1.29 is 4.42 Å². The number of nitrogens with zero attached hydrogens (tertiary/aromatic N) is 3. The van der Waals surface area contributed by atoms with Crippen LogP contribution in [0.4, 0.5) is 11.4 Å². The molecule has 2 aliphatic heterocycles. The summed E-state index contributed by atoms with van der Waals surface area (Å²) in [5, 5.41) is 8.83. The summed E-state index contributed by atoms with van der Waals surface area (Å²) in [6.45, 7) is 2.20. The van der Waals surface area contributed by atoms with Crippen LogP contribution in [-0.4, -0.2) is 17.5 Å². The number of nitrogens with one attached hydrogen (secondary N) is 1. The first kappa shape index (κ1) is 32.9. The van der Waals surface area contributed by atoms with Gasteiger partial charge in [-0.3, -0.25) is 4.98 Å². The van der Waals surface area contributed by atoms with Crippen molar-refractivity contribution in [2.75, 3.05) is 10.2 Å². The van der Waals surface area contributed by atoms with Gasteiger partial charge in [0.25, 0.3) is 0 Å². The molecule has 0 spiro atoms. The zero-order chi connectivity index (χ0) is 38.3. The Morgan fingerprint density at radius 3 is 2.14 bits per heavy atom. The summed E-state index contributed by atoms with van der Waals surface area (Å²) in [5.41, 5.74) is 16.5. The van der Waals surface area contributed by atoms with Gasteiger partial charge in [0.2, 0.25) is 0 Å². The molecule has 7 aromatic carbocycles. The van der Waals surface area contributed by atoms with Crippen LogP contribution >= 0.6 is 11.3 Å². The summed E-state index contributed by atoms with van der Waals surface area (Å²) in [5.74, 6) is 0. The molecule has 2 aliphatic rings. The highest BCUT2D eigenvalue weighted by Gasteiger charge is 2.35. The maximum atomic E-state index is 6.24. The van der Waals surface area contributed by atoms with Crippen LogP contribution in [0.5, 0.6) is 0 Å². The van der Waals surface area contributed by atoms with Crippen molar-refractivity contribution in [1.82, 2.24) is 4.98 Å². The first-order valence-electron chi connectivity index (χ1n) is 19.6. The van der Waals surface area contributed by atoms with Crippen LogP contribution in [0.1, 0.15) is 12.5 Å². The van der Waals surface area contributed by atoms with E-state index in [9.17, 15) is 0 Å². The van der Waals surface area contributed by atoms with Gasteiger partial charge in [0.05, 0.1) is 23.4 Å². The third kappa shape index (κ3) is 5.15. The Morgan fingerprint density at radius 2 is 1.29 bits per heavy atom. The van der Waals surface area contributed by atoms with Crippen LogP contribution in [0, 0.1) is 0 Å². The normalized spacial score (nSPS) is 14.8. The molecular formula is C52H34N4OS. The molecule has 0 fully saturated rings. The van der Waals surface area contributed by atoms with Gasteiger partial charge in [0.1, 0.15) is 17.3 Å². The largest absolute Gasteiger partial charge is 0.456 e. The fourth-order valence-electron chi connectivity index (χ4n) is 8.93. The molecule has 0 saturated heterocycles. The van der Waals surface area contributed by atoms with Crippen molar-refractivity contribution in [3.05, 3.63) is 181 Å². The lowest BCUT2D eigenvalue weighted by molar-refractivity contribution is 0.669. The predicted octanol–water partition coefficient (Wildman–Crippen LogP) is 14.0. The summed E-state index contributed by atoms with van der Waals surface area (Å²) in [6.07, 6.45) is 5.63. The molecule has 6 heteroatoms. The summed E-state index contributed by atoms with van der Waals surface area (Å²) in [6, 6.07) is 56.6. The molecule has 0 aliphatic carbocycles. The molecule has 12 rings (SSSR count). The van der Waals surface area contributed by atoms with Crippen LogP contribution in [0.2, 0.25) is 0 Å². The van der Waals surface area contributed by atoms with E-state index in [2.05, 4.69) is 162 Å². The Balaban J connectivity index is 0.973. The fraction of sp³-hybridized carbons (Fsp3) is 0.0385. The number of aromatic nitrogens is 1. The quantitative estimate of drug-likeness (QED) is 0.190. The van der Waals surface area contributed by atoms with Gasteiger partial charge in [-0.2, -0.15) is 0 Å². The second-order valence-corrected chi connectivity index (χ2v) is 16.2. The Bertz CT molecular complexity index is 3320. The molecule has 1 N–H and O–H groups in total. The Kier molecular flexibility index (Phi) is 7.31. The zero-order valence-corrected chi connectivity index (χ0v) is 32.3. The number of hydrogen-bond donors (Lipinski definition) is 1. The molecular weight excluding hydrogens is 729 g/mol. The van der Waals surface area contributed by atoms with Crippen molar-refractivity contribution in [1.29, 1.82) is 0 Å². The van der Waals surface area contributed by atoms with Crippen LogP contribution in [0.3, 0.4) is 0 Å². The van der Waals surface area contributed by atoms with Crippen LogP contribution in [0.15, 0.2) is 185 Å². The molecule has 0 radical (unpaired) electrons. The van der Waals surface area contributed by atoms with Crippen molar-refractivity contribution in [2.24, 2.45) is 4.99 Å². The third-order valence-electron chi connectivity index (χ3n) is 11.8. The monoisotopic (exact) mass is 762 g/mol. The third-order valence-corrected chi connectivity index (χ3v) is 13.0. The van der Waals surface area contributed by atoms with Gasteiger partial charge in [-0.1, -0.05) is 109 Å². The van der Waals surface area contributed by atoms with E-state index in [0.29, 0.717) is 0 Å². The highest BCUT2D eigenvalue weighted by Crippen LogP contribution is 2.49. The van der Waals surface area contributed by atoms with Crippen molar-refractivity contribution >= 4 is 76.9 Å². The minimum atomic E-state index is -0.0796. The number of thiophene rings is 1. The van der Waals surface area contributed by atoms with E-state index in [1.807, 2.05) is 42.1 Å². The minimum absolute atomic E-state index is 0.0796. The number of fused-ring (bicyclic) bond motifs is 9. The highest BCUT2D eigenvalue weighted by molar-refractivity contribution is 7.25. The first-order chi connectivity index (χ1) is 28.6. The zero-order valence-electron chi connectivity index (χ0n) is 31.5. The summed E-state index contributed by atoms with van der Waals surface area (Å²) >= 11 is 1.85. The smallest absolute Gasteiger partial charge is 0.136 e. The number of hydrogen-bond acceptors (Lipinski definition) is 6. The number of pyridine rings is 1. The van der Waals surface area contributed by atoms with E-state index >= 15 is 0 Å². The fourth-order valence-corrected chi connectivity index (χ4v) is 10.0. The maximum absolute atomic E-state index is 6.24. The molecule has 0 amide bonds. The minimum Gasteiger partial charge on any atom is -0.456 e. The number of para-hydroxylation sites is 1. The van der Waals surface area contributed by atoms with Gasteiger partial charge in [0, 0.05) is 54.5 Å². The number of aliphatic imine (C=N–C) groups is 1. The number of benzene rings is 7. The van der Waals surface area contributed by atoms with Gasteiger partial charge in [0.15, 0.2) is 0 Å². The highest BCUT2D eigenvalue weighted by atomic mass is 32.1. The van der Waals surface area contributed by atoms with Crippen molar-refractivity contribution in [3.8, 4) is 44.5 Å². The number of rotatable bonds is 5. The molecule has 0 saturated carbocycles. The molecule has 10 aromatic rings. The second-order valence-electron chi connectivity index (χ2n) is 15.1. The van der Waals surface area contributed by atoms with Crippen LogP contribution < -0.4 is 10.2 Å². The maximum Gasteiger partial charge on any atom is 0.136 e. The Labute approximate surface area is 338 Å². The first-order valence-corrected chi connectivity index (χ1v) is 20.4. The van der Waals surface area contributed by atoms with Crippen LogP contribution in [0.25, 0.3) is 92.3 Å². The van der Waals surface area contributed by atoms with Crippen LogP contribution in [-0.2, 0) is 0 Å². The SMILES string of the molecule is CC1=C(c2ccc(-c3cccnc3)cc2)N=CN2c3cc(-c4ccc5sc6ccccc6c5c4)cc(-c4ccc(-c5cccc6oc7ccccc7c56)cc4)c3NC12. The summed E-state index contributed by atoms with van der Waals surface area (Å²) in [4.78, 5) is 11.7. The molecule has 274 valence electrons. The lowest BCUT2D eigenvalue weighted by Crippen LogP contribution is -2.38. The Morgan fingerprint density at radius 1 is 0.569 bits per heavy atom. The standard InChI is InChI=1S/C52H34N4OS/c1-31-50(35-21-15-32(16-22-35)37-8-7-25-53-29-37)54-30-56-44-28-38(36-23-24-48-43(26-36)40-9-3-5-14-47(40)58-48)27-42(51(44)55-52(31)56)34-19-17-33(18-20-34)39-11-6-13-46-49(39)41-10-2-4-12-45(41)57-46/h2-30,52,55H,1H3. The lowest BCUT2D eigenvalue weighted by atomic mass is 9.93. The van der Waals surface area contributed by atoms with E-state index in [4.69, 9.17) is 9.41 Å². The van der Waals surface area contributed by atoms with E-state index in [0.717, 1.165) is 78.0 Å². The average molecular weight is 763 g/mol. The second kappa shape index (κ2) is 12.9. The lowest BCUT2D eigenvalue weighted by Gasteiger charge is -2.28. The number of anilines is 2. The predicted molar refractivity (Wildman–Crippen MR) is 244 cm³/mol. The van der Waals surface area contributed by atoms with Crippen molar-refractivity contribution in [3.63, 3.8) is 0 Å². The molecule has 5 nitrogen and oxygen atoms in total. The molecule has 5 heterocycles. The van der Waals surface area contributed by atoms with E-state index in [1.165, 1.54) is 36.9 Å². The van der Waals surface area contributed by atoms with Crippen molar-refractivity contribution in [2.45, 2.75) is 13.1 Å². The van der Waals surface area contributed by atoms with Gasteiger partial charge in [-0.05, 0) is 100.0 Å². The topological polar surface area (TPSA) is 53.7 Å². The molecule has 1 unspecified atom stereocenters. The molecule has 58 heavy (non-hydrogen) atoms. The molecule has 1 atom stereocenters.